The van der Waals surface area contributed by atoms with E-state index in [1.807, 2.05) is 24.3 Å². The summed E-state index contributed by atoms with van der Waals surface area (Å²) in [7, 11) is 0. The van der Waals surface area contributed by atoms with Gasteiger partial charge >= 0.3 is 0 Å². The Kier molecular flexibility index (Phi) is 3.18. The number of hydrogen-bond donors (Lipinski definition) is 1. The summed E-state index contributed by atoms with van der Waals surface area (Å²) in [5.74, 6) is 1.12. The molecule has 1 aromatic heterocycles. The van der Waals surface area contributed by atoms with Crippen molar-refractivity contribution in [3.63, 3.8) is 0 Å². The average molecular weight is 309 g/mol. The first-order valence-corrected chi connectivity index (χ1v) is 6.81. The van der Waals surface area contributed by atoms with Gasteiger partial charge in [-0.25, -0.2) is 0 Å². The van der Waals surface area contributed by atoms with Crippen molar-refractivity contribution >= 4 is 15.9 Å². The van der Waals surface area contributed by atoms with Gasteiger partial charge in [-0.2, -0.15) is 4.98 Å². The summed E-state index contributed by atoms with van der Waals surface area (Å²) >= 11 is 3.42. The first kappa shape index (κ1) is 11.9. The first-order chi connectivity index (χ1) is 8.74. The molecule has 4 nitrogen and oxygen atoms in total. The van der Waals surface area contributed by atoms with E-state index in [9.17, 15) is 5.11 Å². The van der Waals surface area contributed by atoms with Crippen LogP contribution in [0, 0.1) is 0 Å². The highest BCUT2D eigenvalue weighted by molar-refractivity contribution is 9.10. The molecular weight excluding hydrogens is 296 g/mol. The maximum absolute atomic E-state index is 9.83. The molecule has 0 saturated heterocycles. The van der Waals surface area contributed by atoms with Crippen LogP contribution in [-0.4, -0.2) is 21.4 Å². The first-order valence-electron chi connectivity index (χ1n) is 6.01. The van der Waals surface area contributed by atoms with Crippen molar-refractivity contribution in [2.75, 3.05) is 0 Å². The van der Waals surface area contributed by atoms with Gasteiger partial charge < -0.3 is 9.63 Å². The Morgan fingerprint density at radius 1 is 1.33 bits per heavy atom. The fourth-order valence-electron chi connectivity index (χ4n) is 2.36. The highest BCUT2D eigenvalue weighted by Gasteiger charge is 2.31. The molecule has 1 aromatic carbocycles. The van der Waals surface area contributed by atoms with E-state index in [1.54, 1.807) is 0 Å². The fraction of sp³-hybridized carbons (Fsp3) is 0.385. The van der Waals surface area contributed by atoms with Crippen LogP contribution in [-0.2, 0) is 0 Å². The summed E-state index contributed by atoms with van der Waals surface area (Å²) in [6.45, 7) is 0. The summed E-state index contributed by atoms with van der Waals surface area (Å²) in [6, 6.07) is 7.76. The van der Waals surface area contributed by atoms with Crippen molar-refractivity contribution in [1.29, 1.82) is 0 Å². The van der Waals surface area contributed by atoms with Gasteiger partial charge in [0.2, 0.25) is 11.7 Å². The zero-order valence-corrected chi connectivity index (χ0v) is 11.3. The molecule has 2 atom stereocenters. The summed E-state index contributed by atoms with van der Waals surface area (Å²) in [5.41, 5.74) is 0.909. The summed E-state index contributed by atoms with van der Waals surface area (Å²) in [4.78, 5) is 4.40. The van der Waals surface area contributed by atoms with E-state index >= 15 is 0 Å². The van der Waals surface area contributed by atoms with E-state index in [0.717, 1.165) is 29.3 Å². The van der Waals surface area contributed by atoms with Crippen molar-refractivity contribution < 1.29 is 9.63 Å². The van der Waals surface area contributed by atoms with E-state index < -0.39 is 0 Å². The van der Waals surface area contributed by atoms with Crippen molar-refractivity contribution in [1.82, 2.24) is 10.1 Å². The Morgan fingerprint density at radius 2 is 2.22 bits per heavy atom. The van der Waals surface area contributed by atoms with Crippen molar-refractivity contribution in [2.45, 2.75) is 31.3 Å². The second-order valence-electron chi connectivity index (χ2n) is 4.57. The quantitative estimate of drug-likeness (QED) is 0.926. The van der Waals surface area contributed by atoms with Crippen LogP contribution in [0.2, 0.25) is 0 Å². The van der Waals surface area contributed by atoms with E-state index in [4.69, 9.17) is 4.52 Å². The Balaban J connectivity index is 1.89. The van der Waals surface area contributed by atoms with Gasteiger partial charge in [0.25, 0.3) is 0 Å². The van der Waals surface area contributed by atoms with Crippen LogP contribution in [0.4, 0.5) is 0 Å². The van der Waals surface area contributed by atoms with E-state index in [1.165, 1.54) is 0 Å². The lowest BCUT2D eigenvalue weighted by Gasteiger charge is -2.07. The molecule has 1 saturated carbocycles. The topological polar surface area (TPSA) is 59.2 Å². The van der Waals surface area contributed by atoms with E-state index in [2.05, 4.69) is 26.1 Å². The van der Waals surface area contributed by atoms with Crippen molar-refractivity contribution in [3.8, 4) is 11.4 Å². The molecular formula is C13H13BrN2O2. The summed E-state index contributed by atoms with van der Waals surface area (Å²) in [5, 5.41) is 13.8. The number of rotatable bonds is 2. The maximum Gasteiger partial charge on any atom is 0.232 e. The van der Waals surface area contributed by atoms with Crippen molar-refractivity contribution in [2.24, 2.45) is 0 Å². The molecule has 2 unspecified atom stereocenters. The van der Waals surface area contributed by atoms with Gasteiger partial charge in [-0.1, -0.05) is 33.2 Å². The minimum atomic E-state index is -0.346. The Hall–Kier alpha value is -1.20. The number of halogens is 1. The van der Waals surface area contributed by atoms with Crippen LogP contribution >= 0.6 is 15.9 Å². The lowest BCUT2D eigenvalue weighted by Crippen LogP contribution is -2.11. The maximum atomic E-state index is 9.83. The molecule has 94 valence electrons. The highest BCUT2D eigenvalue weighted by Crippen LogP contribution is 2.34. The van der Waals surface area contributed by atoms with Crippen molar-refractivity contribution in [3.05, 3.63) is 34.6 Å². The van der Waals surface area contributed by atoms with Gasteiger partial charge in [0.05, 0.1) is 12.0 Å². The van der Waals surface area contributed by atoms with E-state index in [0.29, 0.717) is 11.7 Å². The minimum absolute atomic E-state index is 0.00148. The number of aliphatic hydroxyl groups is 1. The van der Waals surface area contributed by atoms with Crippen LogP contribution in [0.25, 0.3) is 11.4 Å². The molecule has 0 radical (unpaired) electrons. The minimum Gasteiger partial charge on any atom is -0.392 e. The number of hydrogen-bond acceptors (Lipinski definition) is 4. The van der Waals surface area contributed by atoms with Crippen LogP contribution in [0.15, 0.2) is 33.3 Å². The number of benzene rings is 1. The Morgan fingerprint density at radius 3 is 2.94 bits per heavy atom. The number of aromatic nitrogens is 2. The Labute approximate surface area is 113 Å². The molecule has 1 N–H and O–H groups in total. The lowest BCUT2D eigenvalue weighted by atomic mass is 10.1. The largest absolute Gasteiger partial charge is 0.392 e. The van der Waals surface area contributed by atoms with Crippen LogP contribution in [0.3, 0.4) is 0 Å². The standard InChI is InChI=1S/C13H13BrN2O2/c14-9-4-1-3-8(7-9)12-15-13(18-16-12)10-5-2-6-11(10)17/h1,3-4,7,10-11,17H,2,5-6H2. The Bertz CT molecular complexity index is 555. The molecule has 0 aliphatic heterocycles. The van der Waals surface area contributed by atoms with Gasteiger partial charge in [0.1, 0.15) is 0 Å². The van der Waals surface area contributed by atoms with Gasteiger partial charge in [0.15, 0.2) is 0 Å². The smallest absolute Gasteiger partial charge is 0.232 e. The second kappa shape index (κ2) is 4.82. The average Bonchev–Trinajstić information content (AvgIpc) is 2.97. The number of aliphatic hydroxyl groups excluding tert-OH is 1. The molecule has 1 aliphatic rings. The predicted octanol–water partition coefficient (Wildman–Crippen LogP) is 3.13. The zero-order valence-electron chi connectivity index (χ0n) is 9.71. The third-order valence-corrected chi connectivity index (χ3v) is 3.81. The molecule has 0 bridgehead atoms. The third kappa shape index (κ3) is 2.20. The molecule has 2 aromatic rings. The van der Waals surface area contributed by atoms with Gasteiger partial charge in [0, 0.05) is 10.0 Å². The van der Waals surface area contributed by atoms with Crippen LogP contribution < -0.4 is 0 Å². The molecule has 3 rings (SSSR count). The molecule has 0 amide bonds. The fourth-order valence-corrected chi connectivity index (χ4v) is 2.76. The monoisotopic (exact) mass is 308 g/mol. The third-order valence-electron chi connectivity index (χ3n) is 3.32. The van der Waals surface area contributed by atoms with Crippen LogP contribution in [0.1, 0.15) is 31.1 Å². The lowest BCUT2D eigenvalue weighted by molar-refractivity contribution is 0.148. The molecule has 18 heavy (non-hydrogen) atoms. The van der Waals surface area contributed by atoms with Gasteiger partial charge in [-0.3, -0.25) is 0 Å². The van der Waals surface area contributed by atoms with E-state index in [-0.39, 0.29) is 12.0 Å². The summed E-state index contributed by atoms with van der Waals surface area (Å²) < 4.78 is 6.26. The molecule has 1 fully saturated rings. The molecule has 5 heteroatoms. The summed E-state index contributed by atoms with van der Waals surface area (Å²) in [6.07, 6.45) is 2.40. The molecule has 1 heterocycles. The SMILES string of the molecule is OC1CCCC1c1nc(-c2cccc(Br)c2)no1. The predicted molar refractivity (Wildman–Crippen MR) is 70.0 cm³/mol. The second-order valence-corrected chi connectivity index (χ2v) is 5.49. The molecule has 1 aliphatic carbocycles. The number of nitrogens with zero attached hydrogens (tertiary/aromatic N) is 2. The van der Waals surface area contributed by atoms with Crippen LogP contribution in [0.5, 0.6) is 0 Å². The highest BCUT2D eigenvalue weighted by atomic mass is 79.9. The van der Waals surface area contributed by atoms with Gasteiger partial charge in [-0.05, 0) is 31.4 Å². The van der Waals surface area contributed by atoms with Gasteiger partial charge in [-0.15, -0.1) is 0 Å². The normalized spacial score (nSPS) is 23.4. The zero-order chi connectivity index (χ0) is 12.5. The molecule has 0 spiro atoms.